The zero-order valence-electron chi connectivity index (χ0n) is 43.3. The summed E-state index contributed by atoms with van der Waals surface area (Å²) in [4.78, 5) is 12.6. The van der Waals surface area contributed by atoms with E-state index in [-0.39, 0.29) is 0 Å². The van der Waals surface area contributed by atoms with Crippen LogP contribution in [0.5, 0.6) is 0 Å². The van der Waals surface area contributed by atoms with Gasteiger partial charge in [0.15, 0.2) is 0 Å². The van der Waals surface area contributed by atoms with Crippen molar-refractivity contribution in [2.75, 3.05) is 6.61 Å². The Labute approximate surface area is 400 Å². The quantitative estimate of drug-likeness (QED) is 0.0308. The van der Waals surface area contributed by atoms with Gasteiger partial charge < -0.3 is 25.7 Å². The molecule has 0 spiro atoms. The summed E-state index contributed by atoms with van der Waals surface area (Å²) in [7, 11) is 0. The molecule has 382 valence electrons. The standard InChI is InChI=1S/C58H115NO5/c1-3-5-7-9-11-13-15-17-19-21-22-23-24-25-26-27-28-29-30-31-32-33-34-36-38-40-42-44-46-48-50-52-56(62)58(64)59-54(53-60)57(63)55(61)51-49-47-45-43-41-39-37-35-20-18-16-14-12-10-8-6-4-2/h25-26,54-57,60-63H,3-24,27-53H2,1-2H3,(H,59,64)/b26-25-. The minimum Gasteiger partial charge on any atom is -0.394 e. The molecular weight excluding hydrogens is 791 g/mol. The predicted molar refractivity (Wildman–Crippen MR) is 279 cm³/mol. The number of hydrogen-bond acceptors (Lipinski definition) is 5. The predicted octanol–water partition coefficient (Wildman–Crippen LogP) is 16.9. The van der Waals surface area contributed by atoms with Crippen molar-refractivity contribution in [1.29, 1.82) is 0 Å². The fourth-order valence-corrected chi connectivity index (χ4v) is 9.40. The van der Waals surface area contributed by atoms with Crippen LogP contribution >= 0.6 is 0 Å². The highest BCUT2D eigenvalue weighted by molar-refractivity contribution is 5.80. The number of rotatable bonds is 54. The van der Waals surface area contributed by atoms with Crippen molar-refractivity contribution in [3.8, 4) is 0 Å². The molecule has 0 fully saturated rings. The van der Waals surface area contributed by atoms with E-state index in [9.17, 15) is 25.2 Å². The van der Waals surface area contributed by atoms with Gasteiger partial charge in [-0.25, -0.2) is 0 Å². The van der Waals surface area contributed by atoms with Gasteiger partial charge in [-0.1, -0.05) is 296 Å². The van der Waals surface area contributed by atoms with Gasteiger partial charge in [0, 0.05) is 0 Å². The van der Waals surface area contributed by atoms with Crippen LogP contribution in [0.1, 0.15) is 322 Å². The maximum Gasteiger partial charge on any atom is 0.249 e. The number of hydrogen-bond donors (Lipinski definition) is 5. The van der Waals surface area contributed by atoms with Crippen molar-refractivity contribution < 1.29 is 25.2 Å². The number of amides is 1. The second kappa shape index (κ2) is 53.0. The zero-order chi connectivity index (χ0) is 46.7. The van der Waals surface area contributed by atoms with E-state index >= 15 is 0 Å². The van der Waals surface area contributed by atoms with E-state index in [1.165, 1.54) is 257 Å². The zero-order valence-corrected chi connectivity index (χ0v) is 43.3. The van der Waals surface area contributed by atoms with Crippen molar-refractivity contribution in [3.63, 3.8) is 0 Å². The highest BCUT2D eigenvalue weighted by Crippen LogP contribution is 2.18. The summed E-state index contributed by atoms with van der Waals surface area (Å²) in [5.41, 5.74) is 0. The molecule has 6 heteroatoms. The molecule has 1 amide bonds. The first-order valence-electron chi connectivity index (χ1n) is 29.1. The van der Waals surface area contributed by atoms with E-state index in [0.29, 0.717) is 12.8 Å². The smallest absolute Gasteiger partial charge is 0.249 e. The minimum absolute atomic E-state index is 0.373. The second-order valence-corrected chi connectivity index (χ2v) is 20.3. The molecule has 0 saturated carbocycles. The molecule has 64 heavy (non-hydrogen) atoms. The number of unbranched alkanes of at least 4 members (excludes halogenated alkanes) is 43. The lowest BCUT2D eigenvalue weighted by Crippen LogP contribution is -2.53. The molecule has 6 nitrogen and oxygen atoms in total. The molecule has 4 unspecified atom stereocenters. The number of aliphatic hydroxyl groups is 4. The summed E-state index contributed by atoms with van der Waals surface area (Å²) in [6.45, 7) is 4.09. The third-order valence-corrected chi connectivity index (χ3v) is 14.0. The van der Waals surface area contributed by atoms with Gasteiger partial charge in [-0.2, -0.15) is 0 Å². The van der Waals surface area contributed by atoms with Gasteiger partial charge in [-0.15, -0.1) is 0 Å². The average molecular weight is 907 g/mol. The first-order chi connectivity index (χ1) is 31.5. The Morgan fingerprint density at radius 1 is 0.375 bits per heavy atom. The molecule has 0 heterocycles. The van der Waals surface area contributed by atoms with Crippen molar-refractivity contribution in [2.24, 2.45) is 0 Å². The number of allylic oxidation sites excluding steroid dienone is 2. The average Bonchev–Trinajstić information content (AvgIpc) is 3.30. The molecule has 0 bridgehead atoms. The molecule has 0 rings (SSSR count). The Bertz CT molecular complexity index is 928. The van der Waals surface area contributed by atoms with Gasteiger partial charge in [-0.05, 0) is 38.5 Å². The molecule has 5 N–H and O–H groups in total. The third kappa shape index (κ3) is 46.2. The molecule has 0 saturated heterocycles. The number of nitrogens with one attached hydrogen (secondary N) is 1. The topological polar surface area (TPSA) is 110 Å². The summed E-state index contributed by atoms with van der Waals surface area (Å²) in [6.07, 6.45) is 62.9. The van der Waals surface area contributed by atoms with Gasteiger partial charge in [0.05, 0.1) is 18.8 Å². The summed E-state index contributed by atoms with van der Waals surface area (Å²) in [6, 6.07) is -0.982. The van der Waals surface area contributed by atoms with Crippen molar-refractivity contribution in [3.05, 3.63) is 12.2 Å². The van der Waals surface area contributed by atoms with Gasteiger partial charge in [0.2, 0.25) is 5.91 Å². The van der Waals surface area contributed by atoms with Gasteiger partial charge >= 0.3 is 0 Å². The molecule has 0 aliphatic heterocycles. The number of aliphatic hydroxyl groups excluding tert-OH is 4. The van der Waals surface area contributed by atoms with E-state index in [0.717, 1.165) is 38.5 Å². The Kier molecular flexibility index (Phi) is 52.2. The SMILES string of the molecule is CCCCCCCCCCCCCC/C=C\CCCCCCCCCCCCCCCCCC(O)C(=O)NC(CO)C(O)C(O)CCCCCCCCCCCCCCCCCCC. The number of carbonyl (C=O) groups is 1. The van der Waals surface area contributed by atoms with E-state index in [1.54, 1.807) is 0 Å². The van der Waals surface area contributed by atoms with E-state index in [1.807, 2.05) is 0 Å². The summed E-state index contributed by atoms with van der Waals surface area (Å²) < 4.78 is 0. The Morgan fingerprint density at radius 3 is 0.906 bits per heavy atom. The van der Waals surface area contributed by atoms with Crippen LogP contribution in [0.2, 0.25) is 0 Å². The molecule has 0 aromatic heterocycles. The third-order valence-electron chi connectivity index (χ3n) is 14.0. The lowest BCUT2D eigenvalue weighted by molar-refractivity contribution is -0.132. The maximum atomic E-state index is 12.6. The maximum absolute atomic E-state index is 12.6. The lowest BCUT2D eigenvalue weighted by Gasteiger charge is -2.27. The summed E-state index contributed by atoms with van der Waals surface area (Å²) >= 11 is 0. The van der Waals surface area contributed by atoms with Crippen LogP contribution in [-0.4, -0.2) is 57.3 Å². The largest absolute Gasteiger partial charge is 0.394 e. The van der Waals surface area contributed by atoms with Crippen molar-refractivity contribution in [1.82, 2.24) is 5.32 Å². The van der Waals surface area contributed by atoms with Gasteiger partial charge in [0.1, 0.15) is 12.2 Å². The molecule has 0 radical (unpaired) electrons. The molecule has 4 atom stereocenters. The van der Waals surface area contributed by atoms with Crippen LogP contribution in [0.4, 0.5) is 0 Å². The molecule has 0 aromatic rings. The van der Waals surface area contributed by atoms with Crippen LogP contribution < -0.4 is 5.32 Å². The Balaban J connectivity index is 3.56. The first-order valence-corrected chi connectivity index (χ1v) is 29.1. The van der Waals surface area contributed by atoms with E-state index in [4.69, 9.17) is 0 Å². The lowest BCUT2D eigenvalue weighted by atomic mass is 9.99. The van der Waals surface area contributed by atoms with E-state index < -0.39 is 36.9 Å². The Hall–Kier alpha value is -0.950. The van der Waals surface area contributed by atoms with E-state index in [2.05, 4.69) is 31.3 Å². The second-order valence-electron chi connectivity index (χ2n) is 20.3. The van der Waals surface area contributed by atoms with Gasteiger partial charge in [-0.3, -0.25) is 4.79 Å². The Morgan fingerprint density at radius 2 is 0.625 bits per heavy atom. The summed E-state index contributed by atoms with van der Waals surface area (Å²) in [5.74, 6) is -0.578. The highest BCUT2D eigenvalue weighted by Gasteiger charge is 2.28. The molecule has 0 aromatic carbocycles. The fourth-order valence-electron chi connectivity index (χ4n) is 9.40. The number of carbonyl (C=O) groups excluding carboxylic acids is 1. The van der Waals surface area contributed by atoms with Gasteiger partial charge in [0.25, 0.3) is 0 Å². The van der Waals surface area contributed by atoms with Crippen LogP contribution in [0.25, 0.3) is 0 Å². The normalized spacial score (nSPS) is 13.8. The van der Waals surface area contributed by atoms with Crippen LogP contribution in [0.3, 0.4) is 0 Å². The van der Waals surface area contributed by atoms with Crippen LogP contribution in [0.15, 0.2) is 12.2 Å². The summed E-state index contributed by atoms with van der Waals surface area (Å²) in [5, 5.41) is 44.0. The monoisotopic (exact) mass is 906 g/mol. The van der Waals surface area contributed by atoms with Crippen LogP contribution in [-0.2, 0) is 4.79 Å². The van der Waals surface area contributed by atoms with Crippen molar-refractivity contribution in [2.45, 2.75) is 346 Å². The fraction of sp³-hybridized carbons (Fsp3) is 0.948. The molecule has 0 aliphatic carbocycles. The van der Waals surface area contributed by atoms with Crippen LogP contribution in [0, 0.1) is 0 Å². The first kappa shape index (κ1) is 63.0. The molecular formula is C58H115NO5. The van der Waals surface area contributed by atoms with Crippen molar-refractivity contribution >= 4 is 5.91 Å². The highest BCUT2D eigenvalue weighted by atomic mass is 16.3. The minimum atomic E-state index is -1.26. The molecule has 0 aliphatic rings.